The SMILES string of the molecule is N#CCC1(c2cccc(Cl)c2)CN(c2cccn3nc(Nc4cnn(CC(=O)N5CCN(C6COC6)CC5)c4)nc23)C1. The van der Waals surface area contributed by atoms with Crippen LogP contribution in [-0.4, -0.2) is 98.6 Å². The lowest BCUT2D eigenvalue weighted by Gasteiger charge is -2.50. The number of fused-ring (bicyclic) bond motifs is 1. The van der Waals surface area contributed by atoms with Gasteiger partial charge in [-0.25, -0.2) is 4.52 Å². The molecule has 0 unspecified atom stereocenters. The van der Waals surface area contributed by atoms with Gasteiger partial charge in [-0.15, -0.1) is 5.10 Å². The van der Waals surface area contributed by atoms with Crippen molar-refractivity contribution in [1.29, 1.82) is 5.26 Å². The van der Waals surface area contributed by atoms with Crippen molar-refractivity contribution in [3.8, 4) is 6.07 Å². The normalized spacial score (nSPS) is 18.9. The molecule has 1 amide bonds. The highest BCUT2D eigenvalue weighted by Gasteiger charge is 2.45. The first-order valence-corrected chi connectivity index (χ1v) is 14.5. The molecular weight excluding hydrogens is 556 g/mol. The maximum absolute atomic E-state index is 12.9. The Bertz CT molecular complexity index is 1640. The van der Waals surface area contributed by atoms with Gasteiger partial charge in [-0.2, -0.15) is 15.3 Å². The number of rotatable bonds is 8. The van der Waals surface area contributed by atoms with E-state index in [0.29, 0.717) is 47.9 Å². The molecule has 0 bridgehead atoms. The van der Waals surface area contributed by atoms with Crippen LogP contribution >= 0.6 is 11.6 Å². The summed E-state index contributed by atoms with van der Waals surface area (Å²) in [5, 5.41) is 22.4. The number of carbonyl (C=O) groups is 1. The molecule has 7 rings (SSSR count). The second-order valence-electron chi connectivity index (χ2n) is 11.2. The number of nitriles is 1. The number of piperazine rings is 1. The Balaban J connectivity index is 1.000. The Kier molecular flexibility index (Phi) is 6.93. The lowest BCUT2D eigenvalue weighted by atomic mass is 9.71. The van der Waals surface area contributed by atoms with E-state index >= 15 is 0 Å². The zero-order valence-electron chi connectivity index (χ0n) is 23.1. The summed E-state index contributed by atoms with van der Waals surface area (Å²) in [4.78, 5) is 24.2. The van der Waals surface area contributed by atoms with E-state index in [0.717, 1.165) is 50.6 Å². The third-order valence-electron chi connectivity index (χ3n) is 8.51. The van der Waals surface area contributed by atoms with Crippen LogP contribution in [0.1, 0.15) is 12.0 Å². The zero-order valence-corrected chi connectivity index (χ0v) is 23.8. The number of benzene rings is 1. The molecule has 13 heteroatoms. The van der Waals surface area contributed by atoms with E-state index in [1.54, 1.807) is 21.6 Å². The average molecular weight is 587 g/mol. The summed E-state index contributed by atoms with van der Waals surface area (Å²) in [7, 11) is 0. The van der Waals surface area contributed by atoms with Crippen molar-refractivity contribution in [2.24, 2.45) is 0 Å². The predicted molar refractivity (Wildman–Crippen MR) is 157 cm³/mol. The molecule has 12 nitrogen and oxygen atoms in total. The number of pyridine rings is 1. The summed E-state index contributed by atoms with van der Waals surface area (Å²) in [6, 6.07) is 14.6. The number of halogens is 1. The Labute approximate surface area is 248 Å². The summed E-state index contributed by atoms with van der Waals surface area (Å²) in [6.07, 6.45) is 5.73. The first-order valence-electron chi connectivity index (χ1n) is 14.1. The quantitative estimate of drug-likeness (QED) is 0.332. The zero-order chi connectivity index (χ0) is 28.7. The fraction of sp³-hybridized carbons (Fsp3) is 0.414. The van der Waals surface area contributed by atoms with Gasteiger partial charge in [0.2, 0.25) is 11.9 Å². The number of anilines is 3. The van der Waals surface area contributed by atoms with Crippen molar-refractivity contribution in [3.63, 3.8) is 0 Å². The minimum absolute atomic E-state index is 0.0597. The van der Waals surface area contributed by atoms with Gasteiger partial charge in [0.15, 0.2) is 5.65 Å². The number of amides is 1. The van der Waals surface area contributed by atoms with E-state index in [2.05, 4.69) is 31.4 Å². The maximum atomic E-state index is 12.9. The molecule has 216 valence electrons. The third kappa shape index (κ3) is 5.04. The fourth-order valence-electron chi connectivity index (χ4n) is 6.07. The van der Waals surface area contributed by atoms with Crippen molar-refractivity contribution in [2.45, 2.75) is 24.4 Å². The minimum Gasteiger partial charge on any atom is -0.378 e. The lowest BCUT2D eigenvalue weighted by Crippen LogP contribution is -2.59. The third-order valence-corrected chi connectivity index (χ3v) is 8.75. The van der Waals surface area contributed by atoms with E-state index in [1.807, 2.05) is 47.5 Å². The van der Waals surface area contributed by atoms with Gasteiger partial charge in [0, 0.05) is 68.5 Å². The number of carbonyl (C=O) groups excluding carboxylic acids is 1. The fourth-order valence-corrected chi connectivity index (χ4v) is 6.26. The highest BCUT2D eigenvalue weighted by Crippen LogP contribution is 2.41. The highest BCUT2D eigenvalue weighted by molar-refractivity contribution is 6.30. The van der Waals surface area contributed by atoms with Crippen molar-refractivity contribution < 1.29 is 9.53 Å². The molecule has 1 aromatic carbocycles. The number of hydrogen-bond acceptors (Lipinski definition) is 9. The van der Waals surface area contributed by atoms with Crippen LogP contribution in [0.15, 0.2) is 55.0 Å². The molecule has 0 radical (unpaired) electrons. The number of aromatic nitrogens is 5. The van der Waals surface area contributed by atoms with Gasteiger partial charge in [-0.05, 0) is 29.8 Å². The van der Waals surface area contributed by atoms with Gasteiger partial charge < -0.3 is 19.9 Å². The van der Waals surface area contributed by atoms with E-state index in [4.69, 9.17) is 21.3 Å². The molecule has 0 aliphatic carbocycles. The van der Waals surface area contributed by atoms with Crippen molar-refractivity contribution >= 4 is 40.5 Å². The molecule has 3 aliphatic rings. The highest BCUT2D eigenvalue weighted by atomic mass is 35.5. The molecule has 1 N–H and O–H groups in total. The van der Waals surface area contributed by atoms with Crippen molar-refractivity contribution in [2.75, 3.05) is 62.7 Å². The second-order valence-corrected chi connectivity index (χ2v) is 11.7. The Morgan fingerprint density at radius 1 is 1.17 bits per heavy atom. The van der Waals surface area contributed by atoms with Crippen LogP contribution in [0.2, 0.25) is 5.02 Å². The molecule has 0 spiro atoms. The number of ether oxygens (including phenoxy) is 1. The van der Waals surface area contributed by atoms with Crippen molar-refractivity contribution in [1.82, 2.24) is 34.2 Å². The first-order chi connectivity index (χ1) is 20.5. The Morgan fingerprint density at radius 2 is 2.00 bits per heavy atom. The van der Waals surface area contributed by atoms with Gasteiger partial charge in [0.25, 0.3) is 0 Å². The van der Waals surface area contributed by atoms with Gasteiger partial charge in [-0.1, -0.05) is 23.7 Å². The van der Waals surface area contributed by atoms with Gasteiger partial charge in [-0.3, -0.25) is 14.4 Å². The summed E-state index contributed by atoms with van der Waals surface area (Å²) >= 11 is 6.26. The molecule has 4 aromatic rings. The number of nitrogens with one attached hydrogen (secondary N) is 1. The van der Waals surface area contributed by atoms with Crippen LogP contribution in [0, 0.1) is 11.3 Å². The number of hydrogen-bond donors (Lipinski definition) is 1. The van der Waals surface area contributed by atoms with E-state index in [1.165, 1.54) is 0 Å². The van der Waals surface area contributed by atoms with Crippen LogP contribution < -0.4 is 10.2 Å². The number of nitrogens with zero attached hydrogens (tertiary/aromatic N) is 9. The summed E-state index contributed by atoms with van der Waals surface area (Å²) in [5.41, 5.74) is 3.16. The molecule has 3 aromatic heterocycles. The lowest BCUT2D eigenvalue weighted by molar-refractivity contribution is -0.136. The van der Waals surface area contributed by atoms with E-state index < -0.39 is 0 Å². The molecule has 3 fully saturated rings. The Morgan fingerprint density at radius 3 is 2.74 bits per heavy atom. The predicted octanol–water partition coefficient (Wildman–Crippen LogP) is 2.54. The summed E-state index contributed by atoms with van der Waals surface area (Å²) in [6.45, 7) is 6.35. The molecule has 3 aliphatic heterocycles. The topological polar surface area (TPSA) is 120 Å². The van der Waals surface area contributed by atoms with Gasteiger partial charge in [0.1, 0.15) is 6.54 Å². The standard InChI is InChI=1S/C29H31ClN10O2/c30-22-4-1-3-21(13-22)29(6-7-31)19-38(20-29)25-5-2-8-40-27(25)34-28(35-40)33-23-14-32-39(15-23)16-26(41)37-11-9-36(10-12-37)24-17-42-18-24/h1-5,8,13-15,24H,6,9-12,16-20H2,(H,33,35). The van der Waals surface area contributed by atoms with E-state index in [-0.39, 0.29) is 17.9 Å². The molecule has 6 heterocycles. The Hall–Kier alpha value is -4.18. The monoisotopic (exact) mass is 586 g/mol. The summed E-state index contributed by atoms with van der Waals surface area (Å²) < 4.78 is 8.68. The van der Waals surface area contributed by atoms with Crippen LogP contribution in [-0.2, 0) is 21.5 Å². The first kappa shape index (κ1) is 26.7. The minimum atomic E-state index is -0.279. The molecule has 0 atom stereocenters. The van der Waals surface area contributed by atoms with Crippen LogP contribution in [0.25, 0.3) is 5.65 Å². The maximum Gasteiger partial charge on any atom is 0.247 e. The van der Waals surface area contributed by atoms with Crippen molar-refractivity contribution in [3.05, 3.63) is 65.6 Å². The largest absolute Gasteiger partial charge is 0.378 e. The molecular formula is C29H31ClN10O2. The van der Waals surface area contributed by atoms with Gasteiger partial charge >= 0.3 is 0 Å². The molecule has 3 saturated heterocycles. The second kappa shape index (κ2) is 10.9. The van der Waals surface area contributed by atoms with Gasteiger partial charge in [0.05, 0.1) is 42.9 Å². The smallest absolute Gasteiger partial charge is 0.247 e. The molecule has 0 saturated carbocycles. The molecule has 42 heavy (non-hydrogen) atoms. The van der Waals surface area contributed by atoms with Crippen LogP contribution in [0.4, 0.5) is 17.3 Å². The average Bonchev–Trinajstić information content (AvgIpc) is 3.56. The van der Waals surface area contributed by atoms with Crippen LogP contribution in [0.3, 0.4) is 0 Å². The summed E-state index contributed by atoms with van der Waals surface area (Å²) in [5.74, 6) is 0.493. The van der Waals surface area contributed by atoms with Crippen LogP contribution in [0.5, 0.6) is 0 Å². The van der Waals surface area contributed by atoms with E-state index in [9.17, 15) is 10.1 Å².